The molecule has 1 heterocycles. The minimum absolute atomic E-state index is 0.273. The molecule has 0 aromatic heterocycles. The van der Waals surface area contributed by atoms with Crippen molar-refractivity contribution in [1.82, 2.24) is 10.6 Å². The Kier molecular flexibility index (Phi) is 3.10. The molecule has 2 aliphatic rings. The number of hydrogen-bond acceptors (Lipinski definition) is 3. The minimum Gasteiger partial charge on any atom is -0.444 e. The first kappa shape index (κ1) is 11.7. The highest BCUT2D eigenvalue weighted by Crippen LogP contribution is 2.34. The fourth-order valence-electron chi connectivity index (χ4n) is 2.79. The highest BCUT2D eigenvalue weighted by atomic mass is 16.6. The summed E-state index contributed by atoms with van der Waals surface area (Å²) in [6, 6.07) is 0.301. The molecule has 1 saturated heterocycles. The van der Waals surface area contributed by atoms with Crippen LogP contribution in [0, 0.1) is 11.8 Å². The van der Waals surface area contributed by atoms with E-state index in [-0.39, 0.29) is 6.09 Å². The zero-order chi connectivity index (χ0) is 11.8. The topological polar surface area (TPSA) is 50.4 Å². The third-order valence-electron chi connectivity index (χ3n) is 3.46. The summed E-state index contributed by atoms with van der Waals surface area (Å²) in [5, 5.41) is 6.39. The molecule has 3 atom stereocenters. The molecule has 1 amide bonds. The van der Waals surface area contributed by atoms with Crippen LogP contribution in [-0.4, -0.2) is 30.8 Å². The van der Waals surface area contributed by atoms with Gasteiger partial charge in [-0.3, -0.25) is 0 Å². The third-order valence-corrected chi connectivity index (χ3v) is 3.46. The quantitative estimate of drug-likeness (QED) is 0.712. The van der Waals surface area contributed by atoms with Crippen molar-refractivity contribution in [2.75, 3.05) is 13.1 Å². The summed E-state index contributed by atoms with van der Waals surface area (Å²) in [5.74, 6) is 1.35. The van der Waals surface area contributed by atoms with Crippen molar-refractivity contribution >= 4 is 6.09 Å². The molecule has 4 heteroatoms. The Balaban J connectivity index is 1.83. The largest absolute Gasteiger partial charge is 0.444 e. The standard InChI is InChI=1S/C12H22N2O2/c1-12(2,3)16-11(15)14-10-5-4-8-6-13-7-9(8)10/h8-10,13H,4-7H2,1-3H3,(H,14,15)/t8-,9-,10?/m0/s1. The van der Waals surface area contributed by atoms with Gasteiger partial charge in [0.25, 0.3) is 0 Å². The summed E-state index contributed by atoms with van der Waals surface area (Å²) < 4.78 is 5.28. The summed E-state index contributed by atoms with van der Waals surface area (Å²) in [7, 11) is 0. The van der Waals surface area contributed by atoms with Crippen molar-refractivity contribution in [1.29, 1.82) is 0 Å². The molecule has 0 aromatic rings. The first-order chi connectivity index (χ1) is 7.46. The maximum atomic E-state index is 11.6. The molecule has 0 radical (unpaired) electrons. The van der Waals surface area contributed by atoms with Gasteiger partial charge < -0.3 is 15.4 Å². The summed E-state index contributed by atoms with van der Waals surface area (Å²) in [4.78, 5) is 11.6. The van der Waals surface area contributed by atoms with Gasteiger partial charge in [-0.2, -0.15) is 0 Å². The number of nitrogens with one attached hydrogen (secondary N) is 2. The maximum absolute atomic E-state index is 11.6. The lowest BCUT2D eigenvalue weighted by molar-refractivity contribution is 0.0493. The van der Waals surface area contributed by atoms with E-state index < -0.39 is 5.60 Å². The first-order valence-electron chi connectivity index (χ1n) is 6.16. The number of ether oxygens (including phenoxy) is 1. The van der Waals surface area contributed by atoms with Crippen LogP contribution >= 0.6 is 0 Å². The molecule has 1 saturated carbocycles. The van der Waals surface area contributed by atoms with E-state index >= 15 is 0 Å². The van der Waals surface area contributed by atoms with Gasteiger partial charge in [-0.05, 0) is 52.0 Å². The first-order valence-corrected chi connectivity index (χ1v) is 6.16. The molecule has 1 unspecified atom stereocenters. The van der Waals surface area contributed by atoms with Crippen LogP contribution in [0.2, 0.25) is 0 Å². The van der Waals surface area contributed by atoms with Gasteiger partial charge in [0.2, 0.25) is 0 Å². The van der Waals surface area contributed by atoms with Crippen molar-refractivity contribution in [3.63, 3.8) is 0 Å². The van der Waals surface area contributed by atoms with Crippen LogP contribution in [0.3, 0.4) is 0 Å². The van der Waals surface area contributed by atoms with E-state index in [2.05, 4.69) is 10.6 Å². The normalized spacial score (nSPS) is 33.6. The number of carbonyl (C=O) groups is 1. The molecule has 1 aliphatic heterocycles. The average molecular weight is 226 g/mol. The van der Waals surface area contributed by atoms with E-state index in [4.69, 9.17) is 4.74 Å². The molecule has 0 bridgehead atoms. The van der Waals surface area contributed by atoms with Gasteiger partial charge in [0, 0.05) is 12.6 Å². The van der Waals surface area contributed by atoms with E-state index in [9.17, 15) is 4.79 Å². The monoisotopic (exact) mass is 226 g/mol. The molecule has 92 valence electrons. The van der Waals surface area contributed by atoms with Crippen LogP contribution < -0.4 is 10.6 Å². The molecule has 0 aromatic carbocycles. The van der Waals surface area contributed by atoms with Gasteiger partial charge >= 0.3 is 6.09 Å². The fourth-order valence-corrected chi connectivity index (χ4v) is 2.79. The summed E-state index contributed by atoms with van der Waals surface area (Å²) in [5.41, 5.74) is -0.407. The third kappa shape index (κ3) is 2.67. The average Bonchev–Trinajstić information content (AvgIpc) is 2.66. The lowest BCUT2D eigenvalue weighted by Crippen LogP contribution is -2.42. The van der Waals surface area contributed by atoms with Gasteiger partial charge in [-0.25, -0.2) is 4.79 Å². The van der Waals surface area contributed by atoms with Crippen molar-refractivity contribution in [3.05, 3.63) is 0 Å². The van der Waals surface area contributed by atoms with Gasteiger partial charge in [0.1, 0.15) is 5.60 Å². The number of amides is 1. The van der Waals surface area contributed by atoms with Crippen LogP contribution in [0.25, 0.3) is 0 Å². The maximum Gasteiger partial charge on any atom is 0.407 e. The van der Waals surface area contributed by atoms with Crippen LogP contribution in [0.5, 0.6) is 0 Å². The second kappa shape index (κ2) is 4.24. The van der Waals surface area contributed by atoms with Crippen LogP contribution in [0.15, 0.2) is 0 Å². The van der Waals surface area contributed by atoms with E-state index in [0.717, 1.165) is 25.4 Å². The Hall–Kier alpha value is -0.770. The van der Waals surface area contributed by atoms with Crippen LogP contribution in [0.4, 0.5) is 4.79 Å². The van der Waals surface area contributed by atoms with Crippen LogP contribution in [-0.2, 0) is 4.74 Å². The highest BCUT2D eigenvalue weighted by molar-refractivity contribution is 5.68. The van der Waals surface area contributed by atoms with Crippen molar-refractivity contribution in [2.24, 2.45) is 11.8 Å². The van der Waals surface area contributed by atoms with E-state index in [0.29, 0.717) is 12.0 Å². The van der Waals surface area contributed by atoms with Gasteiger partial charge in [0.05, 0.1) is 0 Å². The summed E-state index contributed by atoms with van der Waals surface area (Å²) in [6.45, 7) is 7.81. The SMILES string of the molecule is CC(C)(C)OC(=O)NC1CC[C@H]2CNC[C@H]12. The molecule has 2 rings (SSSR count). The fraction of sp³-hybridized carbons (Fsp3) is 0.917. The predicted octanol–water partition coefficient (Wildman–Crippen LogP) is 1.51. The molecule has 0 spiro atoms. The van der Waals surface area contributed by atoms with Gasteiger partial charge in [0.15, 0.2) is 0 Å². The minimum atomic E-state index is -0.407. The summed E-state index contributed by atoms with van der Waals surface area (Å²) in [6.07, 6.45) is 2.04. The van der Waals surface area contributed by atoms with E-state index in [1.54, 1.807) is 0 Å². The second-order valence-electron chi connectivity index (χ2n) is 5.91. The molecule has 1 aliphatic carbocycles. The molecule has 16 heavy (non-hydrogen) atoms. The Bertz CT molecular complexity index is 273. The lowest BCUT2D eigenvalue weighted by Gasteiger charge is -2.24. The van der Waals surface area contributed by atoms with Gasteiger partial charge in [-0.1, -0.05) is 0 Å². The predicted molar refractivity (Wildman–Crippen MR) is 62.2 cm³/mol. The second-order valence-corrected chi connectivity index (χ2v) is 5.91. The number of alkyl carbamates (subject to hydrolysis) is 1. The summed E-state index contributed by atoms with van der Waals surface area (Å²) >= 11 is 0. The highest BCUT2D eigenvalue weighted by Gasteiger charge is 2.40. The molecular formula is C12H22N2O2. The lowest BCUT2D eigenvalue weighted by atomic mass is 9.98. The smallest absolute Gasteiger partial charge is 0.407 e. The zero-order valence-electron chi connectivity index (χ0n) is 10.4. The molecule has 2 N–H and O–H groups in total. The van der Waals surface area contributed by atoms with Gasteiger partial charge in [-0.15, -0.1) is 0 Å². The Morgan fingerprint density at radius 1 is 1.31 bits per heavy atom. The molecule has 2 fully saturated rings. The number of hydrogen-bond donors (Lipinski definition) is 2. The number of rotatable bonds is 1. The Morgan fingerprint density at radius 2 is 2.06 bits per heavy atom. The number of fused-ring (bicyclic) bond motifs is 1. The van der Waals surface area contributed by atoms with E-state index in [1.807, 2.05) is 20.8 Å². The van der Waals surface area contributed by atoms with Crippen LogP contribution in [0.1, 0.15) is 33.6 Å². The van der Waals surface area contributed by atoms with E-state index in [1.165, 1.54) is 6.42 Å². The van der Waals surface area contributed by atoms with Crippen molar-refractivity contribution < 1.29 is 9.53 Å². The Labute approximate surface area is 97.1 Å². The zero-order valence-corrected chi connectivity index (χ0v) is 10.4. The number of carbonyl (C=O) groups excluding carboxylic acids is 1. The molecular weight excluding hydrogens is 204 g/mol. The van der Waals surface area contributed by atoms with Crippen molar-refractivity contribution in [2.45, 2.75) is 45.3 Å². The molecule has 4 nitrogen and oxygen atoms in total. The Morgan fingerprint density at radius 3 is 2.75 bits per heavy atom. The van der Waals surface area contributed by atoms with Crippen molar-refractivity contribution in [3.8, 4) is 0 Å².